The van der Waals surface area contributed by atoms with Gasteiger partial charge < -0.3 is 31.9 Å². The third-order valence-electron chi connectivity index (χ3n) is 2.06. The summed E-state index contributed by atoms with van der Waals surface area (Å²) in [6, 6.07) is 4.45. The Labute approximate surface area is 143 Å². The summed E-state index contributed by atoms with van der Waals surface area (Å²) in [5, 5.41) is 7.21. The molecular formula is C12H10F2N2O2SU. The molecule has 0 saturated carbocycles. The minimum atomic E-state index is -3.65. The van der Waals surface area contributed by atoms with Crippen LogP contribution in [0.3, 0.4) is 0 Å². The van der Waals surface area contributed by atoms with Gasteiger partial charge in [0, 0.05) is 0 Å². The van der Waals surface area contributed by atoms with Crippen LogP contribution in [0.5, 0.6) is 11.5 Å². The van der Waals surface area contributed by atoms with Gasteiger partial charge in [-0.05, 0) is 24.5 Å². The largest absolute Gasteiger partial charge is 2.00 e. The van der Waals surface area contributed by atoms with Crippen molar-refractivity contribution < 1.29 is 49.4 Å². The van der Waals surface area contributed by atoms with Crippen LogP contribution in [0, 0.1) is 31.1 Å². The number of alkyl halides is 2. The Morgan fingerprint density at radius 2 is 2.10 bits per heavy atom. The van der Waals surface area contributed by atoms with Crippen LogP contribution in [0.25, 0.3) is 0 Å². The normalized spacial score (nSPS) is 15.8. The second-order valence-electron chi connectivity index (χ2n) is 3.55. The number of hydrogen-bond acceptors (Lipinski definition) is 5. The molecule has 0 bridgehead atoms. The van der Waals surface area contributed by atoms with Crippen molar-refractivity contribution in [2.45, 2.75) is 19.6 Å². The van der Waals surface area contributed by atoms with Crippen LogP contribution in [-0.2, 0) is 0 Å². The zero-order chi connectivity index (χ0) is 13.7. The first kappa shape index (κ1) is 17.5. The fourth-order valence-corrected chi connectivity index (χ4v) is 1.73. The van der Waals surface area contributed by atoms with Gasteiger partial charge in [0.05, 0.1) is 5.75 Å². The van der Waals surface area contributed by atoms with Gasteiger partial charge in [-0.3, -0.25) is 5.10 Å². The molecule has 1 aromatic carbocycles. The van der Waals surface area contributed by atoms with Crippen molar-refractivity contribution >= 4 is 23.5 Å². The van der Waals surface area contributed by atoms with Gasteiger partial charge in [-0.2, -0.15) is 6.07 Å². The van der Waals surface area contributed by atoms with E-state index in [0.29, 0.717) is 0 Å². The minimum absolute atomic E-state index is 0. The molecular weight excluding hydrogens is 512 g/mol. The van der Waals surface area contributed by atoms with Crippen LogP contribution in [0.4, 0.5) is 8.78 Å². The Hall–Kier alpha value is -0.578. The first-order valence-electron chi connectivity index (χ1n) is 5.54. The van der Waals surface area contributed by atoms with E-state index >= 15 is 0 Å². The SMILES string of the molecule is CCCS[C-]=NN=[C-]c1cccc2c1OC(F)(F)O2.[U+2]. The molecule has 0 fully saturated rings. The molecule has 0 atom stereocenters. The first-order chi connectivity index (χ1) is 9.12. The molecule has 104 valence electrons. The number of thioether (sulfide) groups is 1. The molecule has 20 heavy (non-hydrogen) atoms. The van der Waals surface area contributed by atoms with Gasteiger partial charge in [-0.15, -0.1) is 20.4 Å². The Morgan fingerprint density at radius 3 is 2.85 bits per heavy atom. The van der Waals surface area contributed by atoms with E-state index in [2.05, 4.69) is 31.4 Å². The number of fused-ring (bicyclic) bond motifs is 1. The number of nitrogens with zero attached hydrogens (tertiary/aromatic N) is 2. The summed E-state index contributed by atoms with van der Waals surface area (Å²) in [5.74, 6) is 0.759. The number of ether oxygens (including phenoxy) is 2. The summed E-state index contributed by atoms with van der Waals surface area (Å²) in [5.41, 5.74) is 2.88. The van der Waals surface area contributed by atoms with E-state index in [9.17, 15) is 8.78 Å². The molecule has 0 unspecified atom stereocenters. The van der Waals surface area contributed by atoms with Crippen LogP contribution in [-0.4, -0.2) is 23.8 Å². The van der Waals surface area contributed by atoms with Crippen molar-refractivity contribution in [3.8, 4) is 11.5 Å². The molecule has 0 aliphatic carbocycles. The van der Waals surface area contributed by atoms with Crippen LogP contribution in [0.2, 0.25) is 0 Å². The van der Waals surface area contributed by atoms with Gasteiger partial charge >= 0.3 is 37.4 Å². The van der Waals surface area contributed by atoms with E-state index in [4.69, 9.17) is 0 Å². The minimum Gasteiger partial charge on any atom is -0.459 e. The molecule has 0 radical (unpaired) electrons. The zero-order valence-electron chi connectivity index (χ0n) is 10.5. The molecule has 1 aromatic rings. The summed E-state index contributed by atoms with van der Waals surface area (Å²) in [6.07, 6.45) is -0.135. The molecule has 1 aliphatic rings. The molecule has 1 aliphatic heterocycles. The summed E-state index contributed by atoms with van der Waals surface area (Å²) < 4.78 is 34.5. The maximum Gasteiger partial charge on any atom is 2.00 e. The zero-order valence-corrected chi connectivity index (χ0v) is 15.5. The van der Waals surface area contributed by atoms with Crippen LogP contribution in [0.15, 0.2) is 28.4 Å². The Morgan fingerprint density at radius 1 is 1.30 bits per heavy atom. The van der Waals surface area contributed by atoms with Crippen molar-refractivity contribution in [3.05, 3.63) is 23.8 Å². The number of rotatable bonds is 5. The maximum absolute atomic E-state index is 12.9. The molecule has 0 amide bonds. The Bertz CT molecular complexity index is 512. The van der Waals surface area contributed by atoms with E-state index in [1.54, 1.807) is 6.07 Å². The first-order valence-corrected chi connectivity index (χ1v) is 6.52. The van der Waals surface area contributed by atoms with Gasteiger partial charge in [0.2, 0.25) is 0 Å². The van der Waals surface area contributed by atoms with Gasteiger partial charge in [0.15, 0.2) is 0 Å². The van der Waals surface area contributed by atoms with Crippen molar-refractivity contribution in [1.29, 1.82) is 0 Å². The van der Waals surface area contributed by atoms with Gasteiger partial charge in [0.25, 0.3) is 0 Å². The quantitative estimate of drug-likeness (QED) is 0.196. The Kier molecular flexibility index (Phi) is 7.00. The molecule has 2 rings (SSSR count). The second kappa shape index (κ2) is 8.01. The third kappa shape index (κ3) is 4.76. The average molecular weight is 522 g/mol. The van der Waals surface area contributed by atoms with E-state index < -0.39 is 6.29 Å². The van der Waals surface area contributed by atoms with Gasteiger partial charge in [0.1, 0.15) is 5.75 Å². The van der Waals surface area contributed by atoms with Crippen molar-refractivity contribution in [1.82, 2.24) is 0 Å². The fraction of sp³-hybridized carbons (Fsp3) is 0.333. The van der Waals surface area contributed by atoms with E-state index in [0.717, 1.165) is 12.2 Å². The van der Waals surface area contributed by atoms with E-state index in [1.165, 1.54) is 23.9 Å². The molecule has 0 aromatic heterocycles. The van der Waals surface area contributed by atoms with Crippen molar-refractivity contribution in [2.75, 3.05) is 5.75 Å². The smallest absolute Gasteiger partial charge is 0.459 e. The number of hydrogen-bond donors (Lipinski definition) is 0. The van der Waals surface area contributed by atoms with E-state index in [1.807, 2.05) is 6.92 Å². The third-order valence-corrected chi connectivity index (χ3v) is 2.88. The van der Waals surface area contributed by atoms with Crippen LogP contribution < -0.4 is 9.47 Å². The number of halogens is 2. The van der Waals surface area contributed by atoms with Gasteiger partial charge in [-0.1, -0.05) is 6.92 Å². The molecule has 0 spiro atoms. The summed E-state index contributed by atoms with van der Waals surface area (Å²) in [7, 11) is 0. The number of benzene rings is 1. The molecule has 0 N–H and O–H groups in total. The predicted molar refractivity (Wildman–Crippen MR) is 69.4 cm³/mol. The standard InChI is InChI=1S/C12H10F2N2O2S.U/c1-2-6-19-8-16-15-7-9-4-3-5-10-11(9)18-12(13,14)17-10;/h3-5H,2,6H2,1H3;/q-2;+2. The summed E-state index contributed by atoms with van der Waals surface area (Å²) >= 11 is 1.39. The molecule has 4 nitrogen and oxygen atoms in total. The van der Waals surface area contributed by atoms with Crippen molar-refractivity contribution in [3.63, 3.8) is 0 Å². The molecule has 1 heterocycles. The topological polar surface area (TPSA) is 43.2 Å². The van der Waals surface area contributed by atoms with Crippen LogP contribution >= 0.6 is 11.8 Å². The fourth-order valence-electron chi connectivity index (χ4n) is 1.33. The monoisotopic (exact) mass is 522 g/mol. The molecule has 0 saturated heterocycles. The second-order valence-corrected chi connectivity index (χ2v) is 4.43. The predicted octanol–water partition coefficient (Wildman–Crippen LogP) is 3.27. The van der Waals surface area contributed by atoms with Gasteiger partial charge in [-0.25, -0.2) is 0 Å². The van der Waals surface area contributed by atoms with Crippen molar-refractivity contribution in [2.24, 2.45) is 10.2 Å². The van der Waals surface area contributed by atoms with E-state index in [-0.39, 0.29) is 48.2 Å². The maximum atomic E-state index is 12.9. The van der Waals surface area contributed by atoms with Crippen LogP contribution in [0.1, 0.15) is 18.9 Å². The molecule has 8 heteroatoms. The average Bonchev–Trinajstić information content (AvgIpc) is 2.68. The number of para-hydroxylation sites is 1. The Balaban J connectivity index is 0.00000200. The summed E-state index contributed by atoms with van der Waals surface area (Å²) in [4.78, 5) is 0. The summed E-state index contributed by atoms with van der Waals surface area (Å²) in [6.45, 7) is 2.04.